The van der Waals surface area contributed by atoms with Crippen LogP contribution in [0.4, 0.5) is 17.1 Å². The van der Waals surface area contributed by atoms with Crippen molar-refractivity contribution in [2.24, 2.45) is 0 Å². The van der Waals surface area contributed by atoms with Gasteiger partial charge in [-0.3, -0.25) is 0 Å². The molecule has 0 unspecified atom stereocenters. The van der Waals surface area contributed by atoms with E-state index in [4.69, 9.17) is 0 Å². The molecule has 10 aromatic carbocycles. The molecule has 1 aromatic heterocycles. The van der Waals surface area contributed by atoms with Crippen LogP contribution < -0.4 is 4.90 Å². The van der Waals surface area contributed by atoms with Crippen LogP contribution in [0.5, 0.6) is 0 Å². The Kier molecular flexibility index (Phi) is 8.95. The first-order valence-corrected chi connectivity index (χ1v) is 23.9. The Balaban J connectivity index is 0.904. The van der Waals surface area contributed by atoms with Gasteiger partial charge in [0.05, 0.1) is 16.7 Å². The molecule has 0 saturated heterocycles. The Morgan fingerprint density at radius 1 is 0.309 bits per heavy atom. The fourth-order valence-electron chi connectivity index (χ4n) is 11.8. The van der Waals surface area contributed by atoms with Crippen molar-refractivity contribution in [3.05, 3.63) is 253 Å². The van der Waals surface area contributed by atoms with Gasteiger partial charge >= 0.3 is 0 Å². The van der Waals surface area contributed by atoms with E-state index in [9.17, 15) is 0 Å². The van der Waals surface area contributed by atoms with Crippen molar-refractivity contribution < 1.29 is 0 Å². The second-order valence-electron chi connectivity index (χ2n) is 19.7. The van der Waals surface area contributed by atoms with Crippen LogP contribution in [0.1, 0.15) is 49.9 Å². The van der Waals surface area contributed by atoms with Gasteiger partial charge in [0.15, 0.2) is 0 Å². The molecular formula is C66H50N2. The van der Waals surface area contributed by atoms with Crippen molar-refractivity contribution in [3.63, 3.8) is 0 Å². The van der Waals surface area contributed by atoms with Crippen LogP contribution in [0.2, 0.25) is 0 Å². The molecule has 13 rings (SSSR count). The van der Waals surface area contributed by atoms with E-state index in [2.05, 4.69) is 268 Å². The number of anilines is 3. The van der Waals surface area contributed by atoms with Crippen molar-refractivity contribution in [3.8, 4) is 61.3 Å². The summed E-state index contributed by atoms with van der Waals surface area (Å²) in [4.78, 5) is 2.42. The van der Waals surface area contributed by atoms with Crippen LogP contribution in [0.25, 0.3) is 83.1 Å². The molecular weight excluding hydrogens is 821 g/mol. The van der Waals surface area contributed by atoms with Crippen molar-refractivity contribution in [1.29, 1.82) is 0 Å². The standard InChI is InChI=1S/C66H50N2/c1-65(2)58-27-11-9-24-53(58)56-42-51(36-37-60(56)65)67(49-34-31-44(32-35-49)43-17-6-5-7-18-43)50-22-15-21-47(40-50)45-19-14-20-46(39-45)48-33-38-62-57(41-48)54-25-10-13-29-61(54)68(62)63-30-16-26-55-52-23-8-12-28-59(52)66(3,4)64(55)63/h5-42H,1-4H3. The number of nitrogens with zero attached hydrogens (tertiary/aromatic N) is 2. The van der Waals surface area contributed by atoms with E-state index in [0.717, 1.165) is 17.1 Å². The number of hydrogen-bond donors (Lipinski definition) is 0. The highest BCUT2D eigenvalue weighted by Crippen LogP contribution is 2.53. The van der Waals surface area contributed by atoms with E-state index in [-0.39, 0.29) is 10.8 Å². The topological polar surface area (TPSA) is 8.17 Å². The van der Waals surface area contributed by atoms with E-state index < -0.39 is 0 Å². The summed E-state index contributed by atoms with van der Waals surface area (Å²) in [5, 5.41) is 2.51. The minimum atomic E-state index is -0.132. The van der Waals surface area contributed by atoms with Crippen molar-refractivity contribution >= 4 is 38.9 Å². The summed E-state index contributed by atoms with van der Waals surface area (Å²) >= 11 is 0. The van der Waals surface area contributed by atoms with E-state index >= 15 is 0 Å². The van der Waals surface area contributed by atoms with E-state index in [1.54, 1.807) is 0 Å². The minimum absolute atomic E-state index is 0.0640. The van der Waals surface area contributed by atoms with Gasteiger partial charge in [0.1, 0.15) is 0 Å². The van der Waals surface area contributed by atoms with Crippen LogP contribution in [0.15, 0.2) is 231 Å². The van der Waals surface area contributed by atoms with Gasteiger partial charge in [-0.25, -0.2) is 0 Å². The predicted molar refractivity (Wildman–Crippen MR) is 287 cm³/mol. The van der Waals surface area contributed by atoms with Crippen LogP contribution in [-0.4, -0.2) is 4.57 Å². The summed E-state index contributed by atoms with van der Waals surface area (Å²) in [5.41, 5.74) is 24.8. The molecule has 0 atom stereocenters. The Morgan fingerprint density at radius 2 is 0.824 bits per heavy atom. The first-order chi connectivity index (χ1) is 33.2. The molecule has 0 spiro atoms. The van der Waals surface area contributed by atoms with E-state index in [0.29, 0.717) is 0 Å². The summed E-state index contributed by atoms with van der Waals surface area (Å²) in [5.74, 6) is 0. The molecule has 0 aliphatic heterocycles. The van der Waals surface area contributed by atoms with Gasteiger partial charge in [-0.2, -0.15) is 0 Å². The third-order valence-corrected chi connectivity index (χ3v) is 15.2. The molecule has 0 saturated carbocycles. The molecule has 324 valence electrons. The average Bonchev–Trinajstić information content (AvgIpc) is 3.93. The smallest absolute Gasteiger partial charge is 0.0541 e. The second-order valence-corrected chi connectivity index (χ2v) is 19.7. The van der Waals surface area contributed by atoms with E-state index in [1.807, 2.05) is 0 Å². The molecule has 2 nitrogen and oxygen atoms in total. The third kappa shape index (κ3) is 6.10. The molecule has 2 aliphatic carbocycles. The lowest BCUT2D eigenvalue weighted by Gasteiger charge is -2.28. The third-order valence-electron chi connectivity index (χ3n) is 15.2. The number of benzene rings is 10. The normalized spacial score (nSPS) is 13.8. The van der Waals surface area contributed by atoms with E-state index in [1.165, 1.54) is 105 Å². The van der Waals surface area contributed by atoms with Crippen LogP contribution in [-0.2, 0) is 10.8 Å². The summed E-state index contributed by atoms with van der Waals surface area (Å²) in [6.07, 6.45) is 0. The lowest BCUT2D eigenvalue weighted by molar-refractivity contribution is 0.656. The first kappa shape index (κ1) is 40.1. The molecule has 0 N–H and O–H groups in total. The molecule has 0 fully saturated rings. The maximum absolute atomic E-state index is 2.50. The molecule has 0 radical (unpaired) electrons. The lowest BCUT2D eigenvalue weighted by Crippen LogP contribution is -2.17. The molecule has 11 aromatic rings. The number of para-hydroxylation sites is 1. The summed E-state index contributed by atoms with van der Waals surface area (Å²) in [6.45, 7) is 9.45. The van der Waals surface area contributed by atoms with Crippen molar-refractivity contribution in [2.45, 2.75) is 38.5 Å². The fourth-order valence-corrected chi connectivity index (χ4v) is 11.8. The minimum Gasteiger partial charge on any atom is -0.310 e. The molecule has 1 heterocycles. The number of rotatable bonds is 7. The van der Waals surface area contributed by atoms with Gasteiger partial charge < -0.3 is 9.47 Å². The fraction of sp³-hybridized carbons (Fsp3) is 0.0909. The SMILES string of the molecule is CC1(C)c2ccccc2-c2cc(N(c3ccc(-c4ccccc4)cc3)c3cccc(-c4cccc(-c5ccc6c(c5)c5ccccc5n6-c5cccc6c5C(C)(C)c5ccccc5-6)c4)c3)ccc21. The van der Waals surface area contributed by atoms with Crippen molar-refractivity contribution in [2.75, 3.05) is 4.90 Å². The zero-order valence-electron chi connectivity index (χ0n) is 38.8. The van der Waals surface area contributed by atoms with Gasteiger partial charge in [0, 0.05) is 38.7 Å². The summed E-state index contributed by atoms with van der Waals surface area (Å²) < 4.78 is 2.50. The van der Waals surface area contributed by atoms with Gasteiger partial charge in [-0.15, -0.1) is 0 Å². The largest absolute Gasteiger partial charge is 0.310 e. The van der Waals surface area contributed by atoms with Gasteiger partial charge in [0.25, 0.3) is 0 Å². The Hall–Kier alpha value is -8.20. The Labute approximate surface area is 399 Å². The van der Waals surface area contributed by atoms with Crippen LogP contribution >= 0.6 is 0 Å². The number of aromatic nitrogens is 1. The highest BCUT2D eigenvalue weighted by atomic mass is 15.1. The maximum atomic E-state index is 2.50. The molecule has 2 heteroatoms. The lowest BCUT2D eigenvalue weighted by atomic mass is 9.81. The van der Waals surface area contributed by atoms with Gasteiger partial charge in [-0.05, 0) is 145 Å². The quantitative estimate of drug-likeness (QED) is 0.155. The number of hydrogen-bond acceptors (Lipinski definition) is 1. The van der Waals surface area contributed by atoms with Gasteiger partial charge in [0.2, 0.25) is 0 Å². The number of fused-ring (bicyclic) bond motifs is 9. The molecule has 0 bridgehead atoms. The highest BCUT2D eigenvalue weighted by molar-refractivity contribution is 6.11. The molecule has 68 heavy (non-hydrogen) atoms. The zero-order valence-corrected chi connectivity index (χ0v) is 38.8. The summed E-state index contributed by atoms with van der Waals surface area (Å²) in [7, 11) is 0. The highest BCUT2D eigenvalue weighted by Gasteiger charge is 2.38. The predicted octanol–water partition coefficient (Wildman–Crippen LogP) is 17.9. The monoisotopic (exact) mass is 870 g/mol. The van der Waals surface area contributed by atoms with Gasteiger partial charge in [-0.1, -0.05) is 191 Å². The second kappa shape index (κ2) is 15.2. The zero-order chi connectivity index (χ0) is 45.7. The summed E-state index contributed by atoms with van der Waals surface area (Å²) in [6, 6.07) is 85.5. The van der Waals surface area contributed by atoms with Crippen LogP contribution in [0.3, 0.4) is 0 Å². The molecule has 0 amide bonds. The Morgan fingerprint density at radius 3 is 1.60 bits per heavy atom. The Bertz CT molecular complexity index is 3790. The molecule has 2 aliphatic rings. The average molecular weight is 871 g/mol. The first-order valence-electron chi connectivity index (χ1n) is 23.9. The maximum Gasteiger partial charge on any atom is 0.0541 e. The van der Waals surface area contributed by atoms with Crippen molar-refractivity contribution in [1.82, 2.24) is 4.57 Å². The van der Waals surface area contributed by atoms with Crippen LogP contribution in [0, 0.1) is 0 Å².